The second-order valence-corrected chi connectivity index (χ2v) is 8.09. The second kappa shape index (κ2) is 8.45. The van der Waals surface area contributed by atoms with Crippen molar-refractivity contribution >= 4 is 11.6 Å². The maximum atomic E-state index is 12.6. The van der Waals surface area contributed by atoms with E-state index in [2.05, 4.69) is 4.98 Å². The monoisotopic (exact) mass is 396 g/mol. The van der Waals surface area contributed by atoms with Gasteiger partial charge in [0, 0.05) is 37.0 Å². The van der Waals surface area contributed by atoms with Crippen LogP contribution in [0.1, 0.15) is 43.4 Å². The molecule has 0 saturated heterocycles. The van der Waals surface area contributed by atoms with Gasteiger partial charge in [-0.1, -0.05) is 6.42 Å². The molecule has 4 rings (SSSR count). The molecule has 0 spiro atoms. The number of hydrogen-bond donors (Lipinski definition) is 1. The van der Waals surface area contributed by atoms with Crippen LogP contribution in [0.5, 0.6) is 5.75 Å². The first-order valence-electron chi connectivity index (χ1n) is 10.4. The van der Waals surface area contributed by atoms with Gasteiger partial charge in [0.15, 0.2) is 11.6 Å². The van der Waals surface area contributed by atoms with Crippen molar-refractivity contribution in [3.05, 3.63) is 29.6 Å². The van der Waals surface area contributed by atoms with Crippen molar-refractivity contribution in [3.63, 3.8) is 0 Å². The van der Waals surface area contributed by atoms with E-state index in [0.29, 0.717) is 23.7 Å². The number of ketones is 1. The summed E-state index contributed by atoms with van der Waals surface area (Å²) < 4.78 is 5.30. The number of aliphatic hydroxyl groups is 1. The number of hydrogen-bond acceptors (Lipinski definition) is 7. The van der Waals surface area contributed by atoms with Gasteiger partial charge in [0.2, 0.25) is 0 Å². The number of likely N-dealkylation sites (N-methyl/N-ethyl adjacent to an activating group) is 1. The van der Waals surface area contributed by atoms with Gasteiger partial charge in [-0.15, -0.1) is 0 Å². The van der Waals surface area contributed by atoms with E-state index in [4.69, 9.17) is 14.7 Å². The number of anilines is 1. The molecule has 1 N–H and O–H groups in total. The summed E-state index contributed by atoms with van der Waals surface area (Å²) in [7, 11) is 3.53. The third-order valence-corrected chi connectivity index (χ3v) is 5.99. The molecule has 2 heterocycles. The lowest BCUT2D eigenvalue weighted by atomic mass is 9.99. The number of pyridine rings is 1. The van der Waals surface area contributed by atoms with Gasteiger partial charge in [0.25, 0.3) is 0 Å². The average Bonchev–Trinajstić information content (AvgIpc) is 3.36. The molecule has 2 aromatic rings. The van der Waals surface area contributed by atoms with Crippen molar-refractivity contribution in [2.45, 2.75) is 51.0 Å². The molecule has 1 saturated carbocycles. The van der Waals surface area contributed by atoms with Gasteiger partial charge in [0.05, 0.1) is 19.8 Å². The Hall–Kier alpha value is -2.54. The highest BCUT2D eigenvalue weighted by Gasteiger charge is 2.28. The minimum atomic E-state index is -0.335. The molecule has 0 aromatic carbocycles. The smallest absolute Gasteiger partial charge is 0.180 e. The Morgan fingerprint density at radius 1 is 1.28 bits per heavy atom. The van der Waals surface area contributed by atoms with E-state index in [9.17, 15) is 9.90 Å². The molecule has 0 amide bonds. The highest BCUT2D eigenvalue weighted by atomic mass is 16.5. The van der Waals surface area contributed by atoms with Crippen LogP contribution in [-0.4, -0.2) is 52.6 Å². The van der Waals surface area contributed by atoms with Gasteiger partial charge in [-0.05, 0) is 44.1 Å². The molecule has 2 aliphatic carbocycles. The van der Waals surface area contributed by atoms with Crippen LogP contribution in [0.4, 0.5) is 5.82 Å². The summed E-state index contributed by atoms with van der Waals surface area (Å²) >= 11 is 0. The maximum absolute atomic E-state index is 12.6. The number of Topliss-reactive ketones (excluding diaryl/α,β-unsaturated/α-hetero) is 1. The minimum absolute atomic E-state index is 0.101. The van der Waals surface area contributed by atoms with E-state index in [1.807, 2.05) is 18.0 Å². The number of aryl methyl sites for hydroxylation is 1. The van der Waals surface area contributed by atoms with Gasteiger partial charge in [-0.3, -0.25) is 9.78 Å². The van der Waals surface area contributed by atoms with Crippen molar-refractivity contribution in [1.82, 2.24) is 15.0 Å². The molecule has 2 aliphatic rings. The molecule has 0 unspecified atom stereocenters. The molecule has 2 atom stereocenters. The number of ether oxygens (including phenoxy) is 1. The second-order valence-electron chi connectivity index (χ2n) is 8.09. The third-order valence-electron chi connectivity index (χ3n) is 5.99. The van der Waals surface area contributed by atoms with Crippen molar-refractivity contribution in [2.75, 3.05) is 25.6 Å². The normalized spacial score (nSPS) is 20.5. The van der Waals surface area contributed by atoms with Crippen molar-refractivity contribution in [1.29, 1.82) is 0 Å². The van der Waals surface area contributed by atoms with Gasteiger partial charge < -0.3 is 14.7 Å². The largest absolute Gasteiger partial charge is 0.497 e. The zero-order chi connectivity index (χ0) is 20.4. The molecule has 7 nitrogen and oxygen atoms in total. The highest BCUT2D eigenvalue weighted by molar-refractivity contribution is 5.83. The lowest BCUT2D eigenvalue weighted by Crippen LogP contribution is -2.30. The first-order chi connectivity index (χ1) is 14.0. The topological polar surface area (TPSA) is 88.4 Å². The Kier molecular flexibility index (Phi) is 5.76. The predicted octanol–water partition coefficient (Wildman–Crippen LogP) is 2.59. The molecule has 1 fully saturated rings. The maximum Gasteiger partial charge on any atom is 0.180 e. The quantitative estimate of drug-likeness (QED) is 0.769. The van der Waals surface area contributed by atoms with Crippen LogP contribution >= 0.6 is 0 Å². The lowest BCUT2D eigenvalue weighted by Gasteiger charge is -2.22. The molecule has 0 bridgehead atoms. The number of carbonyl (C=O) groups excluding carboxylic acids is 1. The SMILES string of the molecule is COc1ccnc(-c2nc3c(c(N(C)CC(=O)C[C@H]4CCC[C@@H]4O)n2)CCC3)c1. The summed E-state index contributed by atoms with van der Waals surface area (Å²) in [6, 6.07) is 3.62. The summed E-state index contributed by atoms with van der Waals surface area (Å²) in [5, 5.41) is 10.0. The molecular weight excluding hydrogens is 368 g/mol. The van der Waals surface area contributed by atoms with Crippen LogP contribution in [0.3, 0.4) is 0 Å². The van der Waals surface area contributed by atoms with Gasteiger partial charge in [0.1, 0.15) is 17.3 Å². The first kappa shape index (κ1) is 19.8. The Labute approximate surface area is 171 Å². The summed E-state index contributed by atoms with van der Waals surface area (Å²) in [4.78, 5) is 28.5. The Balaban J connectivity index is 1.57. The van der Waals surface area contributed by atoms with Crippen LogP contribution in [0.2, 0.25) is 0 Å². The van der Waals surface area contributed by atoms with Crippen LogP contribution in [0.25, 0.3) is 11.5 Å². The number of rotatable bonds is 7. The third kappa shape index (κ3) is 4.24. The van der Waals surface area contributed by atoms with Crippen LogP contribution in [0.15, 0.2) is 18.3 Å². The molecule has 7 heteroatoms. The number of nitrogens with zero attached hydrogens (tertiary/aromatic N) is 4. The fourth-order valence-electron chi connectivity index (χ4n) is 4.46. The summed E-state index contributed by atoms with van der Waals surface area (Å²) in [5.41, 5.74) is 2.84. The Morgan fingerprint density at radius 3 is 2.90 bits per heavy atom. The number of carbonyl (C=O) groups is 1. The fourth-order valence-corrected chi connectivity index (χ4v) is 4.46. The van der Waals surface area contributed by atoms with Crippen LogP contribution in [-0.2, 0) is 17.6 Å². The van der Waals surface area contributed by atoms with Gasteiger partial charge >= 0.3 is 0 Å². The number of methoxy groups -OCH3 is 1. The van der Waals surface area contributed by atoms with Crippen molar-refractivity contribution < 1.29 is 14.6 Å². The Morgan fingerprint density at radius 2 is 2.14 bits per heavy atom. The lowest BCUT2D eigenvalue weighted by molar-refractivity contribution is -0.119. The number of aliphatic hydroxyl groups excluding tert-OH is 1. The molecule has 154 valence electrons. The van der Waals surface area contributed by atoms with Gasteiger partial charge in [-0.2, -0.15) is 0 Å². The van der Waals surface area contributed by atoms with Gasteiger partial charge in [-0.25, -0.2) is 9.97 Å². The van der Waals surface area contributed by atoms with Crippen molar-refractivity contribution in [2.24, 2.45) is 5.92 Å². The number of fused-ring (bicyclic) bond motifs is 1. The minimum Gasteiger partial charge on any atom is -0.497 e. The average molecular weight is 396 g/mol. The van der Waals surface area contributed by atoms with E-state index >= 15 is 0 Å². The predicted molar refractivity (Wildman–Crippen MR) is 110 cm³/mol. The standard InChI is InChI=1S/C22H28N4O3/c1-26(13-15(27)11-14-5-3-8-20(14)28)22-17-6-4-7-18(17)24-21(25-22)19-12-16(29-2)9-10-23-19/h9-10,12,14,20,28H,3-8,11,13H2,1-2H3/t14-,20+/m1/s1. The fraction of sp³-hybridized carbons (Fsp3) is 0.545. The molecule has 2 aromatic heterocycles. The van der Waals surface area contributed by atoms with E-state index in [-0.39, 0.29) is 24.3 Å². The van der Waals surface area contributed by atoms with Crippen LogP contribution in [0, 0.1) is 5.92 Å². The molecule has 0 radical (unpaired) electrons. The van der Waals surface area contributed by atoms with E-state index < -0.39 is 0 Å². The zero-order valence-corrected chi connectivity index (χ0v) is 17.1. The van der Waals surface area contributed by atoms with Crippen LogP contribution < -0.4 is 9.64 Å². The zero-order valence-electron chi connectivity index (χ0n) is 17.1. The number of aromatic nitrogens is 3. The van der Waals surface area contributed by atoms with E-state index in [1.54, 1.807) is 19.4 Å². The summed E-state index contributed by atoms with van der Waals surface area (Å²) in [6.45, 7) is 0.289. The van der Waals surface area contributed by atoms with E-state index in [0.717, 1.165) is 55.6 Å². The molecule has 0 aliphatic heterocycles. The summed E-state index contributed by atoms with van der Waals surface area (Å²) in [6.07, 6.45) is 7.42. The molecular formula is C22H28N4O3. The molecule has 29 heavy (non-hydrogen) atoms. The van der Waals surface area contributed by atoms with Crippen molar-refractivity contribution in [3.8, 4) is 17.3 Å². The Bertz CT molecular complexity index is 902. The highest BCUT2D eigenvalue weighted by Crippen LogP contribution is 2.32. The first-order valence-corrected chi connectivity index (χ1v) is 10.4. The van der Waals surface area contributed by atoms with E-state index in [1.165, 1.54) is 0 Å². The summed E-state index contributed by atoms with van der Waals surface area (Å²) in [5.74, 6) is 2.32.